The maximum Gasteiger partial charge on any atom is 0.283 e. The summed E-state index contributed by atoms with van der Waals surface area (Å²) in [4.78, 5) is 8.73. The largest absolute Gasteiger partial charge is 0.411 e. The Kier molecular flexibility index (Phi) is 4.06. The van der Waals surface area contributed by atoms with E-state index < -0.39 is 0 Å². The number of halogens is 1. The van der Waals surface area contributed by atoms with Crippen LogP contribution in [0.2, 0.25) is 0 Å². The highest BCUT2D eigenvalue weighted by Gasteiger charge is 2.15. The van der Waals surface area contributed by atoms with Crippen LogP contribution in [0.5, 0.6) is 0 Å². The molecule has 5 aromatic rings. The van der Waals surface area contributed by atoms with Gasteiger partial charge in [-0.1, -0.05) is 36.4 Å². The Balaban J connectivity index is 1.53. The zero-order valence-corrected chi connectivity index (χ0v) is 15.0. The van der Waals surface area contributed by atoms with Crippen molar-refractivity contribution in [3.8, 4) is 22.7 Å². The molecule has 0 aliphatic carbocycles. The summed E-state index contributed by atoms with van der Waals surface area (Å²) >= 11 is 1.24. The number of aromatic nitrogens is 6. The quantitative estimate of drug-likeness (QED) is 0.427. The molecule has 0 saturated heterocycles. The maximum absolute atomic E-state index is 13.4. The first-order valence-corrected chi connectivity index (χ1v) is 9.11. The van der Waals surface area contributed by atoms with Gasteiger partial charge in [-0.2, -0.15) is 14.6 Å². The van der Waals surface area contributed by atoms with Crippen molar-refractivity contribution in [2.24, 2.45) is 0 Å². The minimum absolute atomic E-state index is 0.245. The van der Waals surface area contributed by atoms with Crippen LogP contribution in [-0.4, -0.2) is 29.8 Å². The minimum atomic E-state index is -0.365. The Labute approximate surface area is 162 Å². The smallest absolute Gasteiger partial charge is 0.283 e. The van der Waals surface area contributed by atoms with Gasteiger partial charge in [0, 0.05) is 11.1 Å². The van der Waals surface area contributed by atoms with Crippen molar-refractivity contribution >= 4 is 17.5 Å². The second-order valence-corrected chi connectivity index (χ2v) is 6.77. The van der Waals surface area contributed by atoms with E-state index in [4.69, 9.17) is 4.42 Å². The van der Waals surface area contributed by atoms with Gasteiger partial charge in [0.2, 0.25) is 5.89 Å². The molecule has 28 heavy (non-hydrogen) atoms. The monoisotopic (exact) mass is 390 g/mol. The third-order valence-corrected chi connectivity index (χ3v) is 4.80. The van der Waals surface area contributed by atoms with E-state index in [0.29, 0.717) is 16.6 Å². The molecule has 2 aromatic carbocycles. The number of nitrogens with zero attached hydrogens (tertiary/aromatic N) is 6. The highest BCUT2D eigenvalue weighted by atomic mass is 32.2. The van der Waals surface area contributed by atoms with E-state index >= 15 is 0 Å². The highest BCUT2D eigenvalue weighted by molar-refractivity contribution is 7.99. The second kappa shape index (κ2) is 6.86. The zero-order chi connectivity index (χ0) is 18.9. The molecule has 0 N–H and O–H groups in total. The molecule has 5 rings (SSSR count). The summed E-state index contributed by atoms with van der Waals surface area (Å²) in [6, 6.07) is 17.7. The fourth-order valence-corrected chi connectivity index (χ4v) is 3.46. The average molecular weight is 390 g/mol. The summed E-state index contributed by atoms with van der Waals surface area (Å²) < 4.78 is 20.7. The van der Waals surface area contributed by atoms with Crippen LogP contribution >= 0.6 is 11.8 Å². The van der Waals surface area contributed by atoms with Gasteiger partial charge in [0.05, 0.1) is 5.69 Å². The molecule has 136 valence electrons. The first kappa shape index (κ1) is 16.6. The van der Waals surface area contributed by atoms with Crippen molar-refractivity contribution in [1.82, 2.24) is 29.8 Å². The molecule has 0 bridgehead atoms. The van der Waals surface area contributed by atoms with Crippen LogP contribution in [0.15, 0.2) is 81.7 Å². The SMILES string of the molecule is Fc1cccc(-c2nnc(Sc3cc(-c4ccccc4)nc4ncnn34)o2)c1. The molecule has 7 nitrogen and oxygen atoms in total. The number of hydrogen-bond acceptors (Lipinski definition) is 7. The molecular weight excluding hydrogens is 379 g/mol. The van der Waals surface area contributed by atoms with Crippen LogP contribution in [0.1, 0.15) is 0 Å². The van der Waals surface area contributed by atoms with Crippen LogP contribution in [0, 0.1) is 5.82 Å². The lowest BCUT2D eigenvalue weighted by Crippen LogP contribution is -1.97. The summed E-state index contributed by atoms with van der Waals surface area (Å²) in [5.74, 6) is 0.346. The molecule has 0 spiro atoms. The van der Waals surface area contributed by atoms with Crippen molar-refractivity contribution in [3.63, 3.8) is 0 Å². The van der Waals surface area contributed by atoms with Crippen molar-refractivity contribution in [3.05, 3.63) is 72.8 Å². The lowest BCUT2D eigenvalue weighted by molar-refractivity contribution is 0.465. The molecule has 0 aliphatic heterocycles. The van der Waals surface area contributed by atoms with Crippen molar-refractivity contribution in [2.45, 2.75) is 10.2 Å². The number of rotatable bonds is 4. The lowest BCUT2D eigenvalue weighted by Gasteiger charge is -2.05. The molecule has 0 unspecified atom stereocenters. The molecule has 0 fully saturated rings. The summed E-state index contributed by atoms with van der Waals surface area (Å²) in [6.07, 6.45) is 1.44. The Morgan fingerprint density at radius 3 is 2.64 bits per heavy atom. The first-order valence-electron chi connectivity index (χ1n) is 8.30. The third kappa shape index (κ3) is 3.12. The predicted octanol–water partition coefficient (Wildman–Crippen LogP) is 4.13. The summed E-state index contributed by atoms with van der Waals surface area (Å²) in [5, 5.41) is 13.3. The summed E-state index contributed by atoms with van der Waals surface area (Å²) in [5.41, 5.74) is 2.24. The minimum Gasteiger partial charge on any atom is -0.411 e. The predicted molar refractivity (Wildman–Crippen MR) is 100 cm³/mol. The lowest BCUT2D eigenvalue weighted by atomic mass is 10.1. The molecule has 9 heteroatoms. The van der Waals surface area contributed by atoms with Crippen LogP contribution in [0.25, 0.3) is 28.5 Å². The Morgan fingerprint density at radius 2 is 1.79 bits per heavy atom. The van der Waals surface area contributed by atoms with Crippen LogP contribution in [0.4, 0.5) is 4.39 Å². The number of benzene rings is 2. The topological polar surface area (TPSA) is 82.0 Å². The van der Waals surface area contributed by atoms with E-state index in [1.54, 1.807) is 16.6 Å². The molecule has 0 atom stereocenters. The van der Waals surface area contributed by atoms with Gasteiger partial charge in [-0.05, 0) is 36.0 Å². The van der Waals surface area contributed by atoms with Crippen molar-refractivity contribution in [1.29, 1.82) is 0 Å². The molecule has 0 radical (unpaired) electrons. The van der Waals surface area contributed by atoms with Gasteiger partial charge in [-0.25, -0.2) is 9.37 Å². The Bertz CT molecular complexity index is 1270. The van der Waals surface area contributed by atoms with Crippen molar-refractivity contribution < 1.29 is 8.81 Å². The average Bonchev–Trinajstić information content (AvgIpc) is 3.38. The fourth-order valence-electron chi connectivity index (χ4n) is 2.69. The molecule has 3 heterocycles. The third-order valence-electron chi connectivity index (χ3n) is 3.96. The number of hydrogen-bond donors (Lipinski definition) is 0. The van der Waals surface area contributed by atoms with Gasteiger partial charge in [-0.15, -0.1) is 10.2 Å². The summed E-state index contributed by atoms with van der Waals surface area (Å²) in [6.45, 7) is 0. The number of fused-ring (bicyclic) bond motifs is 1. The van der Waals surface area contributed by atoms with Gasteiger partial charge < -0.3 is 4.42 Å². The first-order chi connectivity index (χ1) is 13.8. The van der Waals surface area contributed by atoms with Gasteiger partial charge in [0.15, 0.2) is 0 Å². The van der Waals surface area contributed by atoms with E-state index in [1.165, 1.54) is 30.2 Å². The van der Waals surface area contributed by atoms with Crippen LogP contribution in [0.3, 0.4) is 0 Å². The van der Waals surface area contributed by atoms with Crippen LogP contribution < -0.4 is 0 Å². The van der Waals surface area contributed by atoms with Gasteiger partial charge in [0.25, 0.3) is 11.0 Å². The highest BCUT2D eigenvalue weighted by Crippen LogP contribution is 2.31. The van der Waals surface area contributed by atoms with E-state index in [-0.39, 0.29) is 11.7 Å². The molecule has 0 amide bonds. The van der Waals surface area contributed by atoms with Gasteiger partial charge in [0.1, 0.15) is 17.2 Å². The maximum atomic E-state index is 13.4. The van der Waals surface area contributed by atoms with E-state index in [9.17, 15) is 4.39 Å². The van der Waals surface area contributed by atoms with E-state index in [1.807, 2.05) is 36.4 Å². The Hall–Kier alpha value is -3.59. The molecule has 0 aliphatic rings. The van der Waals surface area contributed by atoms with Crippen LogP contribution in [-0.2, 0) is 0 Å². The standard InChI is InChI=1S/C19H11FN6OS/c20-14-8-4-7-13(9-14)17-24-25-19(27-17)28-16-10-15(12-5-2-1-3-6-12)23-18-21-11-22-26(16)18/h1-11H. The summed E-state index contributed by atoms with van der Waals surface area (Å²) in [7, 11) is 0. The molecule has 3 aromatic heterocycles. The Morgan fingerprint density at radius 1 is 0.929 bits per heavy atom. The zero-order valence-electron chi connectivity index (χ0n) is 14.2. The second-order valence-electron chi connectivity index (χ2n) is 5.80. The normalized spacial score (nSPS) is 11.2. The van der Waals surface area contributed by atoms with E-state index in [0.717, 1.165) is 16.3 Å². The van der Waals surface area contributed by atoms with E-state index in [2.05, 4.69) is 25.3 Å². The van der Waals surface area contributed by atoms with Gasteiger partial charge in [-0.3, -0.25) is 0 Å². The molecular formula is C19H11FN6OS. The fraction of sp³-hybridized carbons (Fsp3) is 0. The molecule has 0 saturated carbocycles. The van der Waals surface area contributed by atoms with Crippen molar-refractivity contribution in [2.75, 3.05) is 0 Å². The van der Waals surface area contributed by atoms with Gasteiger partial charge >= 0.3 is 0 Å².